The molecule has 0 saturated carbocycles. The molecule has 0 aromatic heterocycles. The lowest BCUT2D eigenvalue weighted by Gasteiger charge is -2.35. The van der Waals surface area contributed by atoms with Crippen LogP contribution in [0.3, 0.4) is 0 Å². The van der Waals surface area contributed by atoms with Gasteiger partial charge in [0.25, 0.3) is 0 Å². The standard InChI is InChI=1S/C15H18BrN3O.2ClH/c1-2-3-13(19-8-6-18-7-9-19)14-12(16)5-4-11(10-17)15(14)20;;/h2,4-5,13,18,20H,1,3,6-9H2;2*1H/t13-;;/m0../s1. The second-order valence-electron chi connectivity index (χ2n) is 4.80. The molecule has 2 N–H and O–H groups in total. The monoisotopic (exact) mass is 407 g/mol. The van der Waals surface area contributed by atoms with Crippen molar-refractivity contribution in [2.75, 3.05) is 26.2 Å². The Morgan fingerprint density at radius 2 is 2.05 bits per heavy atom. The van der Waals surface area contributed by atoms with Gasteiger partial charge < -0.3 is 10.4 Å². The number of nitriles is 1. The van der Waals surface area contributed by atoms with Gasteiger partial charge in [0, 0.05) is 42.3 Å². The molecular formula is C15H20BrCl2N3O. The first-order valence-electron chi connectivity index (χ1n) is 6.66. The summed E-state index contributed by atoms with van der Waals surface area (Å²) >= 11 is 3.50. The summed E-state index contributed by atoms with van der Waals surface area (Å²) in [5.74, 6) is 0.0762. The molecule has 1 aliphatic rings. The number of benzene rings is 1. The summed E-state index contributed by atoms with van der Waals surface area (Å²) in [4.78, 5) is 2.32. The van der Waals surface area contributed by atoms with Crippen molar-refractivity contribution < 1.29 is 5.11 Å². The van der Waals surface area contributed by atoms with Gasteiger partial charge in [-0.05, 0) is 18.6 Å². The molecule has 2 rings (SSSR count). The maximum absolute atomic E-state index is 10.4. The van der Waals surface area contributed by atoms with E-state index in [2.05, 4.69) is 32.7 Å². The van der Waals surface area contributed by atoms with Crippen LogP contribution in [0.1, 0.15) is 23.6 Å². The zero-order chi connectivity index (χ0) is 14.5. The van der Waals surface area contributed by atoms with Crippen LogP contribution in [0.4, 0.5) is 0 Å². The third-order valence-corrected chi connectivity index (χ3v) is 4.29. The fourth-order valence-electron chi connectivity index (χ4n) is 2.59. The SMILES string of the molecule is C=CC[C@@H](c1c(Br)ccc(C#N)c1O)N1CCNCC1.Cl.Cl. The fourth-order valence-corrected chi connectivity index (χ4v) is 3.18. The zero-order valence-electron chi connectivity index (χ0n) is 12.1. The van der Waals surface area contributed by atoms with Crippen LogP contribution in [0, 0.1) is 11.3 Å². The van der Waals surface area contributed by atoms with E-state index in [0.29, 0.717) is 5.56 Å². The van der Waals surface area contributed by atoms with Crippen molar-refractivity contribution in [3.63, 3.8) is 0 Å². The average molecular weight is 409 g/mol. The highest BCUT2D eigenvalue weighted by atomic mass is 79.9. The molecule has 1 aliphatic heterocycles. The lowest BCUT2D eigenvalue weighted by molar-refractivity contribution is 0.171. The number of rotatable bonds is 4. The minimum Gasteiger partial charge on any atom is -0.506 e. The molecule has 1 saturated heterocycles. The Morgan fingerprint density at radius 1 is 1.41 bits per heavy atom. The Labute approximate surface area is 152 Å². The molecule has 4 nitrogen and oxygen atoms in total. The van der Waals surface area contributed by atoms with Crippen LogP contribution < -0.4 is 5.32 Å². The lowest BCUT2D eigenvalue weighted by atomic mass is 9.98. The van der Waals surface area contributed by atoms with Crippen LogP contribution in [-0.2, 0) is 0 Å². The Hall–Kier alpha value is -0.770. The minimum absolute atomic E-state index is 0. The van der Waals surface area contributed by atoms with E-state index in [1.807, 2.05) is 18.2 Å². The van der Waals surface area contributed by atoms with Crippen LogP contribution >= 0.6 is 40.7 Å². The molecular weight excluding hydrogens is 389 g/mol. The number of nitrogens with one attached hydrogen (secondary N) is 1. The second kappa shape index (κ2) is 10.1. The van der Waals surface area contributed by atoms with Gasteiger partial charge in [0.1, 0.15) is 11.8 Å². The third kappa shape index (κ3) is 4.61. The molecule has 0 bridgehead atoms. The van der Waals surface area contributed by atoms with Crippen LogP contribution in [0.2, 0.25) is 0 Å². The van der Waals surface area contributed by atoms with Crippen molar-refractivity contribution in [3.8, 4) is 11.8 Å². The van der Waals surface area contributed by atoms with Gasteiger partial charge in [0.05, 0.1) is 5.56 Å². The van der Waals surface area contributed by atoms with Gasteiger partial charge in [0.2, 0.25) is 0 Å². The molecule has 7 heteroatoms. The fraction of sp³-hybridized carbons (Fsp3) is 0.400. The van der Waals surface area contributed by atoms with Gasteiger partial charge in [-0.2, -0.15) is 5.26 Å². The van der Waals surface area contributed by atoms with Gasteiger partial charge in [-0.1, -0.05) is 22.0 Å². The van der Waals surface area contributed by atoms with Crippen molar-refractivity contribution in [1.29, 1.82) is 5.26 Å². The van der Waals surface area contributed by atoms with Gasteiger partial charge in [-0.25, -0.2) is 0 Å². The third-order valence-electron chi connectivity index (χ3n) is 3.60. The number of hydrogen-bond acceptors (Lipinski definition) is 4. The normalized spacial score (nSPS) is 15.8. The van der Waals surface area contributed by atoms with Gasteiger partial charge in [-0.15, -0.1) is 31.4 Å². The molecule has 0 aliphatic carbocycles. The van der Waals surface area contributed by atoms with Crippen molar-refractivity contribution in [2.45, 2.75) is 12.5 Å². The van der Waals surface area contributed by atoms with E-state index in [0.717, 1.165) is 42.6 Å². The maximum atomic E-state index is 10.4. The van der Waals surface area contributed by atoms with Crippen molar-refractivity contribution in [1.82, 2.24) is 10.2 Å². The Morgan fingerprint density at radius 3 is 2.59 bits per heavy atom. The van der Waals surface area contributed by atoms with Gasteiger partial charge in [-0.3, -0.25) is 4.90 Å². The topological polar surface area (TPSA) is 59.3 Å². The van der Waals surface area contributed by atoms with Crippen LogP contribution in [-0.4, -0.2) is 36.2 Å². The second-order valence-corrected chi connectivity index (χ2v) is 5.65. The van der Waals surface area contributed by atoms with Crippen LogP contribution in [0.15, 0.2) is 29.3 Å². The molecule has 0 spiro atoms. The van der Waals surface area contributed by atoms with E-state index >= 15 is 0 Å². The molecule has 0 unspecified atom stereocenters. The molecule has 1 aromatic carbocycles. The molecule has 1 atom stereocenters. The largest absolute Gasteiger partial charge is 0.506 e. The Bertz CT molecular complexity index is 542. The van der Waals surface area contributed by atoms with E-state index in [-0.39, 0.29) is 36.6 Å². The first-order valence-corrected chi connectivity index (χ1v) is 7.45. The molecule has 1 aromatic rings. The summed E-state index contributed by atoms with van der Waals surface area (Å²) < 4.78 is 0.833. The highest BCUT2D eigenvalue weighted by Gasteiger charge is 2.26. The van der Waals surface area contributed by atoms with Crippen LogP contribution in [0.25, 0.3) is 0 Å². The summed E-state index contributed by atoms with van der Waals surface area (Å²) in [5.41, 5.74) is 1.10. The van der Waals surface area contributed by atoms with E-state index in [9.17, 15) is 5.11 Å². The quantitative estimate of drug-likeness (QED) is 0.749. The molecule has 0 amide bonds. The van der Waals surface area contributed by atoms with E-state index in [1.165, 1.54) is 0 Å². The predicted molar refractivity (Wildman–Crippen MR) is 97.0 cm³/mol. The molecule has 122 valence electrons. The first-order chi connectivity index (χ1) is 9.69. The number of halogens is 3. The van der Waals surface area contributed by atoms with Crippen molar-refractivity contribution >= 4 is 40.7 Å². The Balaban J connectivity index is 0.00000220. The summed E-state index contributed by atoms with van der Waals surface area (Å²) in [7, 11) is 0. The Kier molecular flexibility index (Phi) is 9.74. The highest BCUT2D eigenvalue weighted by molar-refractivity contribution is 9.10. The van der Waals surface area contributed by atoms with E-state index in [4.69, 9.17) is 5.26 Å². The molecule has 1 heterocycles. The van der Waals surface area contributed by atoms with Crippen LogP contribution in [0.5, 0.6) is 5.75 Å². The zero-order valence-corrected chi connectivity index (χ0v) is 15.3. The molecule has 22 heavy (non-hydrogen) atoms. The van der Waals surface area contributed by atoms with Crippen molar-refractivity contribution in [2.24, 2.45) is 0 Å². The summed E-state index contributed by atoms with van der Waals surface area (Å²) in [6.45, 7) is 7.52. The average Bonchev–Trinajstić information content (AvgIpc) is 2.47. The van der Waals surface area contributed by atoms with E-state index < -0.39 is 0 Å². The van der Waals surface area contributed by atoms with Gasteiger partial charge in [0.15, 0.2) is 0 Å². The van der Waals surface area contributed by atoms with E-state index in [1.54, 1.807) is 6.07 Å². The highest BCUT2D eigenvalue weighted by Crippen LogP contribution is 2.39. The van der Waals surface area contributed by atoms with Gasteiger partial charge >= 0.3 is 0 Å². The number of phenols is 1. The summed E-state index contributed by atoms with van der Waals surface area (Å²) in [6, 6.07) is 5.53. The maximum Gasteiger partial charge on any atom is 0.139 e. The lowest BCUT2D eigenvalue weighted by Crippen LogP contribution is -2.45. The number of phenolic OH excluding ortho intramolecular Hbond substituents is 1. The number of piperazine rings is 1. The number of nitrogens with zero attached hydrogens (tertiary/aromatic N) is 2. The first kappa shape index (κ1) is 21.2. The summed E-state index contributed by atoms with van der Waals surface area (Å²) in [5, 5.41) is 22.8. The smallest absolute Gasteiger partial charge is 0.139 e. The number of hydrogen-bond donors (Lipinski definition) is 2. The number of aromatic hydroxyl groups is 1. The molecule has 1 fully saturated rings. The minimum atomic E-state index is 0. The molecule has 0 radical (unpaired) electrons. The predicted octanol–water partition coefficient (Wildman–Crippen LogP) is 3.39. The van der Waals surface area contributed by atoms with Crippen molar-refractivity contribution in [3.05, 3.63) is 40.4 Å². The summed E-state index contributed by atoms with van der Waals surface area (Å²) in [6.07, 6.45) is 2.60.